The van der Waals surface area contributed by atoms with Crippen LogP contribution in [0.3, 0.4) is 0 Å². The average Bonchev–Trinajstić information content (AvgIpc) is 3.09. The van der Waals surface area contributed by atoms with Gasteiger partial charge in [-0.25, -0.2) is 13.7 Å². The summed E-state index contributed by atoms with van der Waals surface area (Å²) in [5, 5.41) is 0. The van der Waals surface area contributed by atoms with Crippen LogP contribution in [0.15, 0.2) is 128 Å². The van der Waals surface area contributed by atoms with Crippen LogP contribution < -0.4 is 13.7 Å². The third-order valence-electron chi connectivity index (χ3n) is 9.73. The molecule has 0 atom stereocenters. The van der Waals surface area contributed by atoms with Crippen LogP contribution in [0.1, 0.15) is 95.0 Å². The van der Waals surface area contributed by atoms with E-state index in [1.807, 2.05) is 20.9 Å². The summed E-state index contributed by atoms with van der Waals surface area (Å²) in [7, 11) is 6.29. The summed E-state index contributed by atoms with van der Waals surface area (Å²) in [6.07, 6.45) is 7.64. The first kappa shape index (κ1) is 39.3. The summed E-state index contributed by atoms with van der Waals surface area (Å²) >= 11 is 0. The molecule has 0 unspecified atom stereocenters. The minimum Gasteiger partial charge on any atom is -0.201 e. The van der Waals surface area contributed by atoms with Crippen molar-refractivity contribution in [3.63, 3.8) is 0 Å². The Morgan fingerprint density at radius 1 is 0.491 bits per heavy atom. The lowest BCUT2D eigenvalue weighted by molar-refractivity contribution is -0.661. The Balaban J connectivity index is 0.000000181. The highest BCUT2D eigenvalue weighted by atomic mass is 14.9. The van der Waals surface area contributed by atoms with E-state index in [0.29, 0.717) is 11.3 Å². The Morgan fingerprint density at radius 3 is 1.19 bits per heavy atom. The Labute approximate surface area is 323 Å². The average molecular weight is 708 g/mol. The van der Waals surface area contributed by atoms with Crippen molar-refractivity contribution in [3.05, 3.63) is 161 Å². The summed E-state index contributed by atoms with van der Waals surface area (Å²) < 4.78 is 14.6. The van der Waals surface area contributed by atoms with Crippen LogP contribution in [0.5, 0.6) is 0 Å². The van der Waals surface area contributed by atoms with E-state index >= 15 is 0 Å². The fourth-order valence-electron chi connectivity index (χ4n) is 6.68. The molecule has 0 spiro atoms. The summed E-state index contributed by atoms with van der Waals surface area (Å²) in [4.78, 5) is 0. The van der Waals surface area contributed by atoms with Crippen LogP contribution in [-0.4, -0.2) is 0 Å². The van der Waals surface area contributed by atoms with Crippen molar-refractivity contribution in [3.8, 4) is 33.8 Å². The monoisotopic (exact) mass is 708 g/mol. The number of rotatable bonds is 6. The molecule has 3 heterocycles. The molecule has 0 saturated heterocycles. The molecule has 0 aliphatic rings. The first-order chi connectivity index (χ1) is 25.4. The first-order valence-electron chi connectivity index (χ1n) is 19.5. The van der Waals surface area contributed by atoms with Gasteiger partial charge in [-0.05, 0) is 97.5 Å². The Kier molecular flexibility index (Phi) is 13.5. The number of aryl methyl sites for hydroxylation is 6. The standard InChI is InChI=1S/C18H24N.2C16H20N/c1-14-8-6-7-9-16(14)17-11-10-15(13-19(17)5)12-18(2,3)4;2*1-12(2)14-9-10-16(17(4)11-14)15-8-6-5-7-13(15)3/h6-11,13H,12H2,1-5H3;2*5-12H,1-4H3/q3*+1/i;12D;. The quantitative estimate of drug-likeness (QED) is 0.153. The number of benzene rings is 3. The fraction of sp³-hybridized carbons (Fsp3) is 0.340. The van der Waals surface area contributed by atoms with Gasteiger partial charge in [0.1, 0.15) is 21.1 Å². The molecule has 0 aliphatic heterocycles. The second-order valence-electron chi connectivity index (χ2n) is 16.2. The number of hydrogen-bond acceptors (Lipinski definition) is 0. The molecule has 3 nitrogen and oxygen atoms in total. The SMILES string of the molecule is Cc1ccccc1-c1ccc(C(C)C)c[n+]1C.Cc1ccccc1-c1ccc(CC(C)(C)C)c[n+]1C.[2H]C(C)(C)c1ccc(-c2ccccc2C)[n+](C)c1. The van der Waals surface area contributed by atoms with Crippen molar-refractivity contribution in [1.29, 1.82) is 0 Å². The molecule has 0 amide bonds. The highest BCUT2D eigenvalue weighted by molar-refractivity contribution is 5.62. The van der Waals surface area contributed by atoms with E-state index in [9.17, 15) is 0 Å². The van der Waals surface area contributed by atoms with Crippen molar-refractivity contribution < 1.29 is 15.1 Å². The third-order valence-corrected chi connectivity index (χ3v) is 9.73. The van der Waals surface area contributed by atoms with E-state index in [4.69, 9.17) is 1.37 Å². The Bertz CT molecular complexity index is 2170. The third kappa shape index (κ3) is 11.3. The van der Waals surface area contributed by atoms with Gasteiger partial charge in [-0.1, -0.05) is 103 Å². The second-order valence-corrected chi connectivity index (χ2v) is 16.2. The lowest BCUT2D eigenvalue weighted by Gasteiger charge is -2.17. The van der Waals surface area contributed by atoms with Crippen molar-refractivity contribution in [2.75, 3.05) is 0 Å². The predicted molar refractivity (Wildman–Crippen MR) is 225 cm³/mol. The largest absolute Gasteiger partial charge is 0.212 e. The second kappa shape index (κ2) is 18.2. The Hall–Kier alpha value is -4.89. The lowest BCUT2D eigenvalue weighted by atomic mass is 9.88. The molecule has 276 valence electrons. The molecule has 0 saturated carbocycles. The van der Waals surface area contributed by atoms with Crippen LogP contribution in [0.2, 0.25) is 0 Å². The molecule has 0 aliphatic carbocycles. The number of hydrogen-bond donors (Lipinski definition) is 0. The van der Waals surface area contributed by atoms with Gasteiger partial charge in [-0.15, -0.1) is 0 Å². The van der Waals surface area contributed by atoms with Gasteiger partial charge in [0.2, 0.25) is 17.1 Å². The van der Waals surface area contributed by atoms with Crippen LogP contribution in [0.4, 0.5) is 0 Å². The smallest absolute Gasteiger partial charge is 0.201 e. The van der Waals surface area contributed by atoms with Crippen molar-refractivity contribution in [2.45, 2.75) is 87.5 Å². The zero-order valence-corrected chi connectivity index (χ0v) is 34.8. The van der Waals surface area contributed by atoms with E-state index in [-0.39, 0.29) is 0 Å². The van der Waals surface area contributed by atoms with E-state index < -0.39 is 5.89 Å². The van der Waals surface area contributed by atoms with Gasteiger partial charge >= 0.3 is 0 Å². The van der Waals surface area contributed by atoms with Crippen LogP contribution in [-0.2, 0) is 27.6 Å². The van der Waals surface area contributed by atoms with E-state index in [1.165, 1.54) is 61.6 Å². The number of aromatic nitrogens is 3. The maximum atomic E-state index is 8.07. The Morgan fingerprint density at radius 2 is 0.849 bits per heavy atom. The van der Waals surface area contributed by atoms with Crippen molar-refractivity contribution >= 4 is 0 Å². The van der Waals surface area contributed by atoms with Gasteiger partial charge in [0.25, 0.3) is 0 Å². The molecule has 0 N–H and O–H groups in total. The van der Waals surface area contributed by atoms with Crippen LogP contribution in [0, 0.1) is 26.2 Å². The van der Waals surface area contributed by atoms with Gasteiger partial charge in [0, 0.05) is 53.0 Å². The first-order valence-corrected chi connectivity index (χ1v) is 19.0. The highest BCUT2D eigenvalue weighted by Gasteiger charge is 2.17. The summed E-state index contributed by atoms with van der Waals surface area (Å²) in [6.45, 7) is 21.6. The van der Waals surface area contributed by atoms with Gasteiger partial charge in [-0.2, -0.15) is 0 Å². The molecule has 0 radical (unpaired) electrons. The molecule has 6 rings (SSSR count). The van der Waals surface area contributed by atoms with Gasteiger partial charge in [0.05, 0.1) is 0 Å². The lowest BCUT2D eigenvalue weighted by Crippen LogP contribution is -2.32. The van der Waals surface area contributed by atoms with Crippen LogP contribution in [0.25, 0.3) is 33.8 Å². The number of nitrogens with zero attached hydrogens (tertiary/aromatic N) is 3. The van der Waals surface area contributed by atoms with Gasteiger partial charge in [-0.3, -0.25) is 0 Å². The normalized spacial score (nSPS) is 11.6. The molecule has 3 aromatic carbocycles. The minimum atomic E-state index is -0.554. The maximum absolute atomic E-state index is 8.07. The number of pyridine rings is 3. The summed E-state index contributed by atoms with van der Waals surface area (Å²) in [6, 6.07) is 38.5. The van der Waals surface area contributed by atoms with Gasteiger partial charge < -0.3 is 0 Å². The molecule has 53 heavy (non-hydrogen) atoms. The minimum absolute atomic E-state index is 0.331. The van der Waals surface area contributed by atoms with E-state index in [2.05, 4.69) is 211 Å². The fourth-order valence-corrected chi connectivity index (χ4v) is 6.68. The van der Waals surface area contributed by atoms with Crippen molar-refractivity contribution in [1.82, 2.24) is 0 Å². The molecule has 0 fully saturated rings. The van der Waals surface area contributed by atoms with Crippen LogP contribution >= 0.6 is 0 Å². The van der Waals surface area contributed by atoms with E-state index in [0.717, 1.165) is 12.0 Å². The summed E-state index contributed by atoms with van der Waals surface area (Å²) in [5.74, 6) is 0.0225. The molecule has 3 aromatic heterocycles. The molecule has 6 aromatic rings. The molecule has 3 heteroatoms. The maximum Gasteiger partial charge on any atom is 0.212 e. The molecular formula is C50H64N3+3. The van der Waals surface area contributed by atoms with E-state index in [1.54, 1.807) is 0 Å². The zero-order chi connectivity index (χ0) is 39.8. The molecule has 0 bridgehead atoms. The topological polar surface area (TPSA) is 11.6 Å². The zero-order valence-electron chi connectivity index (χ0n) is 35.8. The van der Waals surface area contributed by atoms with Crippen molar-refractivity contribution in [2.24, 2.45) is 26.6 Å². The predicted octanol–water partition coefficient (Wildman–Crippen LogP) is 11.3. The van der Waals surface area contributed by atoms with Gasteiger partial charge in [0.15, 0.2) is 18.6 Å². The summed E-state index contributed by atoms with van der Waals surface area (Å²) in [5.41, 5.74) is 15.6. The molecular weight excluding hydrogens is 643 g/mol. The highest BCUT2D eigenvalue weighted by Crippen LogP contribution is 2.25.